The van der Waals surface area contributed by atoms with Gasteiger partial charge in [0.25, 0.3) is 0 Å². The van der Waals surface area contributed by atoms with Gasteiger partial charge in [-0.1, -0.05) is 91.0 Å². The molecule has 0 aromatic heterocycles. The van der Waals surface area contributed by atoms with Crippen LogP contribution >= 0.6 is 0 Å². The third-order valence-corrected chi connectivity index (χ3v) is 16.2. The number of fused-ring (bicyclic) bond motifs is 5. The molecule has 3 saturated carbocycles. The summed E-state index contributed by atoms with van der Waals surface area (Å²) in [7, 11) is -1.71. The van der Waals surface area contributed by atoms with Crippen LogP contribution in [0.3, 0.4) is 0 Å². The second-order valence-corrected chi connectivity index (χ2v) is 19.1. The van der Waals surface area contributed by atoms with Crippen LogP contribution in [-0.4, -0.2) is 14.4 Å². The van der Waals surface area contributed by atoms with Crippen LogP contribution in [0.1, 0.15) is 113 Å². The summed E-state index contributed by atoms with van der Waals surface area (Å²) in [6.07, 6.45) is 19.3. The van der Waals surface area contributed by atoms with E-state index in [-0.39, 0.29) is 0 Å². The predicted molar refractivity (Wildman–Crippen MR) is 146 cm³/mol. The molecule has 0 amide bonds. The average molecular weight is 471 g/mol. The Morgan fingerprint density at radius 3 is 2.36 bits per heavy atom. The molecule has 0 aromatic carbocycles. The van der Waals surface area contributed by atoms with E-state index in [1.165, 1.54) is 64.2 Å². The molecule has 1 nitrogen and oxygen atoms in total. The van der Waals surface area contributed by atoms with E-state index in [1.807, 2.05) is 5.57 Å². The van der Waals surface area contributed by atoms with Crippen molar-refractivity contribution in [1.29, 1.82) is 0 Å². The van der Waals surface area contributed by atoms with Gasteiger partial charge < -0.3 is 4.43 Å². The Balaban J connectivity index is 1.56. The average Bonchev–Trinajstić information content (AvgIpc) is 3.08. The maximum Gasteiger partial charge on any atom is 0.192 e. The Labute approximate surface area is 207 Å². The fourth-order valence-electron chi connectivity index (χ4n) is 8.54. The lowest BCUT2D eigenvalue weighted by atomic mass is 9.50. The number of hydrogen-bond donors (Lipinski definition) is 0. The van der Waals surface area contributed by atoms with Gasteiger partial charge in [-0.25, -0.2) is 0 Å². The molecule has 2 heteroatoms. The topological polar surface area (TPSA) is 9.23 Å². The lowest BCUT2D eigenvalue weighted by Crippen LogP contribution is -2.49. The van der Waals surface area contributed by atoms with Crippen molar-refractivity contribution in [2.75, 3.05) is 0 Å². The zero-order valence-electron chi connectivity index (χ0n) is 23.5. The summed E-state index contributed by atoms with van der Waals surface area (Å²) in [6, 6.07) is 0. The van der Waals surface area contributed by atoms with E-state index in [0.29, 0.717) is 22.0 Å². The fraction of sp³-hybridized carbons (Fsp3) is 0.871. The van der Waals surface area contributed by atoms with E-state index < -0.39 is 8.32 Å². The predicted octanol–water partition coefficient (Wildman–Crippen LogP) is 9.70. The third kappa shape index (κ3) is 4.28. The Morgan fingerprint density at radius 2 is 1.73 bits per heavy atom. The fourth-order valence-corrected chi connectivity index (χ4v) is 9.93. The smallest absolute Gasteiger partial charge is 0.192 e. The first-order chi connectivity index (χ1) is 15.4. The molecule has 3 fully saturated rings. The molecule has 0 spiro atoms. The molecule has 33 heavy (non-hydrogen) atoms. The van der Waals surface area contributed by atoms with Gasteiger partial charge in [-0.3, -0.25) is 0 Å². The van der Waals surface area contributed by atoms with Crippen molar-refractivity contribution >= 4 is 8.32 Å². The lowest BCUT2D eigenvalue weighted by Gasteiger charge is -2.56. The summed E-state index contributed by atoms with van der Waals surface area (Å²) in [6.45, 7) is 22.1. The van der Waals surface area contributed by atoms with E-state index in [2.05, 4.69) is 73.7 Å². The molecule has 0 aliphatic heterocycles. The highest BCUT2D eigenvalue weighted by atomic mass is 28.4. The van der Waals surface area contributed by atoms with Crippen molar-refractivity contribution in [1.82, 2.24) is 0 Å². The monoisotopic (exact) mass is 470 g/mol. The SMILES string of the molecule is CCC[C@H](CC)[C@H]1CC[C@H]2C3=CC=C4C[C@@H](O[Si](C)(C)C(C)(C)C)CC[C@]4(C)[C@H]3CC[C@]12C. The van der Waals surface area contributed by atoms with Crippen LogP contribution in [0, 0.1) is 34.5 Å². The van der Waals surface area contributed by atoms with E-state index in [0.717, 1.165) is 23.7 Å². The van der Waals surface area contributed by atoms with Gasteiger partial charge in [0, 0.05) is 6.10 Å². The van der Waals surface area contributed by atoms with Gasteiger partial charge >= 0.3 is 0 Å². The normalized spacial score (nSPS) is 39.8. The Kier molecular flexibility index (Phi) is 6.98. The number of rotatable bonds is 6. The van der Waals surface area contributed by atoms with Gasteiger partial charge in [-0.15, -0.1) is 0 Å². The highest BCUT2D eigenvalue weighted by Crippen LogP contribution is 2.66. The Bertz CT molecular complexity index is 785. The van der Waals surface area contributed by atoms with Crippen LogP contribution in [0.15, 0.2) is 23.3 Å². The summed E-state index contributed by atoms with van der Waals surface area (Å²) in [5.41, 5.74) is 4.49. The van der Waals surface area contributed by atoms with E-state index >= 15 is 0 Å². The summed E-state index contributed by atoms with van der Waals surface area (Å²) in [4.78, 5) is 0. The van der Waals surface area contributed by atoms with E-state index in [4.69, 9.17) is 4.43 Å². The minimum absolute atomic E-state index is 0.294. The second kappa shape index (κ2) is 8.95. The quantitative estimate of drug-likeness (QED) is 0.351. The number of allylic oxidation sites excluding steroid dienone is 3. The van der Waals surface area contributed by atoms with Gasteiger partial charge in [-0.2, -0.15) is 0 Å². The van der Waals surface area contributed by atoms with Gasteiger partial charge in [0.2, 0.25) is 0 Å². The van der Waals surface area contributed by atoms with Crippen LogP contribution in [-0.2, 0) is 4.43 Å². The van der Waals surface area contributed by atoms with Crippen molar-refractivity contribution < 1.29 is 4.43 Å². The molecule has 4 aliphatic carbocycles. The van der Waals surface area contributed by atoms with Gasteiger partial charge in [0.15, 0.2) is 8.32 Å². The molecule has 4 rings (SSSR count). The van der Waals surface area contributed by atoms with Crippen molar-refractivity contribution in [2.24, 2.45) is 34.5 Å². The molecule has 0 unspecified atom stereocenters. The largest absolute Gasteiger partial charge is 0.414 e. The van der Waals surface area contributed by atoms with Crippen molar-refractivity contribution in [3.63, 3.8) is 0 Å². The Hall–Kier alpha value is -0.343. The molecule has 0 aromatic rings. The minimum Gasteiger partial charge on any atom is -0.414 e. The minimum atomic E-state index is -1.71. The lowest BCUT2D eigenvalue weighted by molar-refractivity contribution is 0.0312. The van der Waals surface area contributed by atoms with Crippen LogP contribution in [0.2, 0.25) is 18.1 Å². The van der Waals surface area contributed by atoms with Crippen LogP contribution in [0.4, 0.5) is 0 Å². The second-order valence-electron chi connectivity index (χ2n) is 14.3. The highest BCUT2D eigenvalue weighted by Gasteiger charge is 2.57. The standard InChI is InChI=1S/C31H54OSi/c1-10-12-22(11-2)26-15-16-27-25-14-13-23-21-24(32-33(8,9)29(3,4)5)17-19-30(23,6)28(25)18-20-31(26,27)7/h13-14,22,24,26-28H,10-12,15-21H2,1-9H3/t22-,24-,26+,27-,28-,30-,31+/m0/s1. The van der Waals surface area contributed by atoms with E-state index in [9.17, 15) is 0 Å². The van der Waals surface area contributed by atoms with Crippen LogP contribution < -0.4 is 0 Å². The van der Waals surface area contributed by atoms with Crippen molar-refractivity contribution in [3.8, 4) is 0 Å². The molecule has 0 heterocycles. The molecule has 0 bridgehead atoms. The molecule has 0 radical (unpaired) electrons. The molecular formula is C31H54OSi. The highest BCUT2D eigenvalue weighted by molar-refractivity contribution is 6.74. The third-order valence-electron chi connectivity index (χ3n) is 11.6. The van der Waals surface area contributed by atoms with Gasteiger partial charge in [-0.05, 0) is 97.6 Å². The molecule has 4 aliphatic rings. The van der Waals surface area contributed by atoms with Crippen LogP contribution in [0.25, 0.3) is 0 Å². The molecular weight excluding hydrogens is 416 g/mol. The molecule has 7 atom stereocenters. The first-order valence-corrected chi connectivity index (χ1v) is 17.4. The number of hydrogen-bond acceptors (Lipinski definition) is 1. The van der Waals surface area contributed by atoms with Crippen LogP contribution in [0.5, 0.6) is 0 Å². The first kappa shape index (κ1) is 25.7. The molecule has 0 N–H and O–H groups in total. The first-order valence-electron chi connectivity index (χ1n) is 14.5. The van der Waals surface area contributed by atoms with Crippen molar-refractivity contribution in [2.45, 2.75) is 137 Å². The van der Waals surface area contributed by atoms with Crippen molar-refractivity contribution in [3.05, 3.63) is 23.3 Å². The van der Waals surface area contributed by atoms with Gasteiger partial charge in [0.05, 0.1) is 0 Å². The summed E-state index contributed by atoms with van der Waals surface area (Å²) in [5.74, 6) is 3.51. The summed E-state index contributed by atoms with van der Waals surface area (Å²) >= 11 is 0. The maximum absolute atomic E-state index is 6.91. The Morgan fingerprint density at radius 1 is 1.00 bits per heavy atom. The molecule has 188 valence electrons. The maximum atomic E-state index is 6.91. The van der Waals surface area contributed by atoms with Gasteiger partial charge in [0.1, 0.15) is 0 Å². The van der Waals surface area contributed by atoms with E-state index in [1.54, 1.807) is 5.57 Å². The summed E-state index contributed by atoms with van der Waals surface area (Å²) < 4.78 is 6.91. The molecule has 0 saturated heterocycles. The zero-order chi connectivity index (χ0) is 24.2. The zero-order valence-corrected chi connectivity index (χ0v) is 24.5. The summed E-state index contributed by atoms with van der Waals surface area (Å²) in [5, 5.41) is 0.294.